The summed E-state index contributed by atoms with van der Waals surface area (Å²) in [5.41, 5.74) is -2.44. The first-order valence-corrected chi connectivity index (χ1v) is 14.2. The van der Waals surface area contributed by atoms with Crippen LogP contribution in [0.4, 0.5) is 0 Å². The second-order valence-electron chi connectivity index (χ2n) is 15.1. The lowest BCUT2D eigenvalue weighted by molar-refractivity contribution is -0.197. The summed E-state index contributed by atoms with van der Waals surface area (Å²) in [5, 5.41) is 21.7. The lowest BCUT2D eigenvalue weighted by Crippen LogP contribution is -2.68. The number of nitriles is 1. The maximum atomic E-state index is 14.4. The molecule has 0 heterocycles. The Morgan fingerprint density at radius 1 is 1.03 bits per heavy atom. The van der Waals surface area contributed by atoms with Gasteiger partial charge in [0, 0.05) is 22.7 Å². The van der Waals surface area contributed by atoms with Gasteiger partial charge in [-0.05, 0) is 72.3 Å². The van der Waals surface area contributed by atoms with Crippen LogP contribution >= 0.6 is 0 Å². The Kier molecular flexibility index (Phi) is 5.68. The number of rotatable bonds is 1. The molecule has 0 aromatic heterocycles. The molecule has 0 amide bonds. The second kappa shape index (κ2) is 7.90. The minimum absolute atomic E-state index is 0.00690. The number of aliphatic hydroxyl groups excluding tert-OH is 1. The molecule has 6 nitrogen and oxygen atoms in total. The highest BCUT2D eigenvalue weighted by molar-refractivity contribution is 6.04. The Bertz CT molecular complexity index is 1230. The number of ketones is 2. The fourth-order valence-corrected chi connectivity index (χ4v) is 10.4. The molecule has 0 aromatic carbocycles. The van der Waals surface area contributed by atoms with Crippen LogP contribution < -0.4 is 0 Å². The van der Waals surface area contributed by atoms with Crippen molar-refractivity contribution in [3.8, 4) is 6.07 Å². The molecule has 3 fully saturated rings. The van der Waals surface area contributed by atoms with Crippen molar-refractivity contribution in [3.05, 3.63) is 23.3 Å². The fourth-order valence-electron chi connectivity index (χ4n) is 10.4. The van der Waals surface area contributed by atoms with Crippen LogP contribution in [0.25, 0.3) is 0 Å². The fraction of sp³-hybridized carbons (Fsp3) is 0.750. The topological polar surface area (TPSA) is 104 Å². The Labute approximate surface area is 226 Å². The zero-order chi connectivity index (χ0) is 28.3. The molecule has 5 rings (SSSR count). The number of carbonyl (C=O) groups excluding carboxylic acids is 3. The first-order chi connectivity index (χ1) is 17.4. The molecule has 3 saturated carbocycles. The van der Waals surface area contributed by atoms with Gasteiger partial charge in [0.2, 0.25) is 0 Å². The van der Waals surface area contributed by atoms with Gasteiger partial charge in [0.25, 0.3) is 0 Å². The van der Waals surface area contributed by atoms with Crippen LogP contribution in [0.1, 0.15) is 87.0 Å². The van der Waals surface area contributed by atoms with Crippen molar-refractivity contribution in [3.63, 3.8) is 0 Å². The van der Waals surface area contributed by atoms with Gasteiger partial charge < -0.3 is 9.84 Å². The average Bonchev–Trinajstić information content (AvgIpc) is 2.82. The summed E-state index contributed by atoms with van der Waals surface area (Å²) < 4.78 is 5.38. The van der Waals surface area contributed by atoms with E-state index in [4.69, 9.17) is 4.74 Å². The summed E-state index contributed by atoms with van der Waals surface area (Å²) in [6.45, 7) is 14.4. The van der Waals surface area contributed by atoms with Crippen molar-refractivity contribution in [2.24, 2.45) is 50.2 Å². The van der Waals surface area contributed by atoms with Crippen LogP contribution in [0, 0.1) is 61.6 Å². The molecule has 8 atom stereocenters. The number of esters is 1. The van der Waals surface area contributed by atoms with Crippen LogP contribution in [0.15, 0.2) is 23.3 Å². The molecule has 206 valence electrons. The van der Waals surface area contributed by atoms with Gasteiger partial charge in [0.1, 0.15) is 6.07 Å². The van der Waals surface area contributed by atoms with Crippen molar-refractivity contribution in [1.82, 2.24) is 0 Å². The van der Waals surface area contributed by atoms with E-state index in [-0.39, 0.29) is 40.4 Å². The van der Waals surface area contributed by atoms with E-state index in [1.54, 1.807) is 12.2 Å². The number of Topliss-reactive ketones (excluding diaryl/α,β-unsaturated/α-hetero) is 1. The second-order valence-corrected chi connectivity index (χ2v) is 15.1. The molecule has 5 aliphatic rings. The number of ether oxygens (including phenoxy) is 1. The van der Waals surface area contributed by atoms with Crippen LogP contribution in [0.3, 0.4) is 0 Å². The average molecular weight is 522 g/mol. The molecule has 0 spiro atoms. The van der Waals surface area contributed by atoms with Crippen molar-refractivity contribution in [2.75, 3.05) is 7.11 Å². The minimum Gasteiger partial charge on any atom is -0.469 e. The summed E-state index contributed by atoms with van der Waals surface area (Å²) in [6.07, 6.45) is 6.92. The zero-order valence-electron chi connectivity index (χ0n) is 24.2. The van der Waals surface area contributed by atoms with Crippen molar-refractivity contribution in [1.29, 1.82) is 5.26 Å². The third-order valence-corrected chi connectivity index (χ3v) is 12.3. The van der Waals surface area contributed by atoms with Crippen molar-refractivity contribution in [2.45, 2.75) is 93.1 Å². The first kappa shape index (κ1) is 27.3. The van der Waals surface area contributed by atoms with Gasteiger partial charge in [-0.15, -0.1) is 0 Å². The highest BCUT2D eigenvalue weighted by Crippen LogP contribution is 2.74. The summed E-state index contributed by atoms with van der Waals surface area (Å²) >= 11 is 0. The van der Waals surface area contributed by atoms with E-state index >= 15 is 0 Å². The summed E-state index contributed by atoms with van der Waals surface area (Å²) in [6, 6.07) is 2.10. The normalized spacial score (nSPS) is 46.7. The lowest BCUT2D eigenvalue weighted by Gasteiger charge is -2.69. The quantitative estimate of drug-likeness (QED) is 0.467. The van der Waals surface area contributed by atoms with E-state index in [1.807, 2.05) is 20.8 Å². The molecule has 0 aromatic rings. The predicted molar refractivity (Wildman–Crippen MR) is 142 cm³/mol. The highest BCUT2D eigenvalue weighted by Gasteiger charge is 2.72. The molecule has 0 bridgehead atoms. The number of hydrogen-bond donors (Lipinski definition) is 1. The van der Waals surface area contributed by atoms with E-state index in [0.29, 0.717) is 19.3 Å². The summed E-state index contributed by atoms with van der Waals surface area (Å²) in [4.78, 5) is 41.0. The zero-order valence-corrected chi connectivity index (χ0v) is 24.2. The monoisotopic (exact) mass is 521 g/mol. The first-order valence-electron chi connectivity index (χ1n) is 14.2. The smallest absolute Gasteiger partial charge is 0.312 e. The van der Waals surface area contributed by atoms with E-state index in [9.17, 15) is 24.8 Å². The van der Waals surface area contributed by atoms with E-state index in [1.165, 1.54) is 7.11 Å². The van der Waals surface area contributed by atoms with Gasteiger partial charge in [-0.2, -0.15) is 5.26 Å². The molecule has 38 heavy (non-hydrogen) atoms. The molecular weight excluding hydrogens is 478 g/mol. The Balaban J connectivity index is 1.73. The number of aliphatic hydroxyl groups is 1. The third kappa shape index (κ3) is 3.12. The molecular formula is C32H43NO5. The Hall–Kier alpha value is -2.26. The predicted octanol–water partition coefficient (Wildman–Crippen LogP) is 5.35. The van der Waals surface area contributed by atoms with Crippen LogP contribution in [0.2, 0.25) is 0 Å². The van der Waals surface area contributed by atoms with E-state index in [0.717, 1.165) is 24.8 Å². The maximum Gasteiger partial charge on any atom is 0.312 e. The largest absolute Gasteiger partial charge is 0.469 e. The summed E-state index contributed by atoms with van der Waals surface area (Å²) in [5.74, 6) is -1.36. The molecule has 0 radical (unpaired) electrons. The van der Waals surface area contributed by atoms with E-state index < -0.39 is 39.1 Å². The lowest BCUT2D eigenvalue weighted by atomic mass is 9.34. The molecule has 0 aliphatic heterocycles. The molecule has 8 unspecified atom stereocenters. The molecule has 6 heteroatoms. The van der Waals surface area contributed by atoms with Gasteiger partial charge in [0.05, 0.1) is 24.2 Å². The number of hydrogen-bond acceptors (Lipinski definition) is 6. The van der Waals surface area contributed by atoms with Crippen molar-refractivity contribution < 1.29 is 24.2 Å². The molecule has 0 saturated heterocycles. The summed E-state index contributed by atoms with van der Waals surface area (Å²) in [7, 11) is 1.45. The van der Waals surface area contributed by atoms with Gasteiger partial charge >= 0.3 is 5.97 Å². The number of methoxy groups -OCH3 is 1. The maximum absolute atomic E-state index is 14.4. The SMILES string of the molecule is COC(=O)C12CCC(C)(C)CC1C1C(=O)C=C3C4(C)C=C(C#N)C(=O)C(C)(C)C4C(O)CC3(C)C1(C)CC2. The molecule has 5 aliphatic carbocycles. The number of carbonyl (C=O) groups is 3. The van der Waals surface area contributed by atoms with Crippen LogP contribution in [-0.2, 0) is 19.1 Å². The molecule has 1 N–H and O–H groups in total. The Morgan fingerprint density at radius 3 is 2.26 bits per heavy atom. The van der Waals surface area contributed by atoms with Gasteiger partial charge in [-0.1, -0.05) is 54.5 Å². The van der Waals surface area contributed by atoms with Gasteiger partial charge in [-0.3, -0.25) is 14.4 Å². The van der Waals surface area contributed by atoms with Crippen molar-refractivity contribution >= 4 is 17.5 Å². The highest BCUT2D eigenvalue weighted by atomic mass is 16.5. The van der Waals surface area contributed by atoms with Crippen LogP contribution in [-0.4, -0.2) is 35.9 Å². The number of nitrogens with zero attached hydrogens (tertiary/aromatic N) is 1. The van der Waals surface area contributed by atoms with E-state index in [2.05, 4.69) is 33.8 Å². The standard InChI is InChI=1S/C32H43NO5/c1-27(2)9-11-32(26(37)38-8)12-10-30(6)23(19(32)15-27)20(34)13-22-29(5)14-18(17-33)25(36)28(3,4)24(29)21(35)16-31(22,30)7/h13-14,19,21,23-24,35H,9-12,15-16H2,1-8H3. The third-order valence-electron chi connectivity index (χ3n) is 12.3. The van der Waals surface area contributed by atoms with Gasteiger partial charge in [0.15, 0.2) is 11.6 Å². The van der Waals surface area contributed by atoms with Crippen LogP contribution in [0.5, 0.6) is 0 Å². The van der Waals surface area contributed by atoms with Gasteiger partial charge in [-0.25, -0.2) is 0 Å². The minimum atomic E-state index is -0.947. The number of fused-ring (bicyclic) bond motifs is 7. The Morgan fingerprint density at radius 2 is 1.66 bits per heavy atom. The number of allylic oxidation sites excluding steroid dienone is 4.